The SMILES string of the molecule is CC(c1ccc(N(c2ccc(-c3ccccc3)cc2)c2ccc(-c3ccccc3)cc2)cc1)C(C1=CCCC=C1)c1ccc2c3ccccc3n(-c3ccccc3)c2c1. The van der Waals surface area contributed by atoms with Crippen molar-refractivity contribution in [1.82, 2.24) is 4.57 Å². The minimum absolute atomic E-state index is 0.191. The molecule has 9 aromatic rings. The smallest absolute Gasteiger partial charge is 0.0544 e. The molecule has 10 rings (SSSR count). The molecule has 2 nitrogen and oxygen atoms in total. The normalized spacial score (nSPS) is 13.6. The molecular weight excluding hydrogens is 713 g/mol. The third-order valence-corrected chi connectivity index (χ3v) is 12.1. The zero-order chi connectivity index (χ0) is 39.5. The average Bonchev–Trinajstić information content (AvgIpc) is 3.65. The number of benzene rings is 8. The Morgan fingerprint density at radius 3 is 1.51 bits per heavy atom. The first-order chi connectivity index (χ1) is 29.2. The molecule has 1 aliphatic rings. The molecule has 284 valence electrons. The molecule has 1 heterocycles. The van der Waals surface area contributed by atoms with Gasteiger partial charge in [-0.3, -0.25) is 0 Å². The van der Waals surface area contributed by atoms with Gasteiger partial charge < -0.3 is 9.47 Å². The van der Waals surface area contributed by atoms with E-state index in [-0.39, 0.29) is 11.8 Å². The van der Waals surface area contributed by atoms with Gasteiger partial charge in [-0.15, -0.1) is 0 Å². The summed E-state index contributed by atoms with van der Waals surface area (Å²) < 4.78 is 2.43. The van der Waals surface area contributed by atoms with Crippen LogP contribution in [0.5, 0.6) is 0 Å². The van der Waals surface area contributed by atoms with Crippen molar-refractivity contribution in [2.75, 3.05) is 4.90 Å². The van der Waals surface area contributed by atoms with E-state index in [0.29, 0.717) is 0 Å². The lowest BCUT2D eigenvalue weighted by Crippen LogP contribution is -2.13. The molecule has 2 atom stereocenters. The Kier molecular flexibility index (Phi) is 9.82. The number of allylic oxidation sites excluding steroid dienone is 4. The Balaban J connectivity index is 1.03. The molecule has 0 saturated heterocycles. The van der Waals surface area contributed by atoms with Gasteiger partial charge in [0.2, 0.25) is 0 Å². The zero-order valence-electron chi connectivity index (χ0n) is 33.3. The Morgan fingerprint density at radius 1 is 0.441 bits per heavy atom. The number of rotatable bonds is 10. The van der Waals surface area contributed by atoms with Crippen LogP contribution in [-0.2, 0) is 0 Å². The van der Waals surface area contributed by atoms with E-state index in [1.807, 2.05) is 0 Å². The lowest BCUT2D eigenvalue weighted by Gasteiger charge is -2.29. The molecule has 0 N–H and O–H groups in total. The number of fused-ring (bicyclic) bond motifs is 3. The van der Waals surface area contributed by atoms with Crippen molar-refractivity contribution in [3.8, 4) is 27.9 Å². The highest BCUT2D eigenvalue weighted by atomic mass is 15.1. The van der Waals surface area contributed by atoms with Gasteiger partial charge in [0, 0.05) is 39.4 Å². The van der Waals surface area contributed by atoms with Gasteiger partial charge in [-0.1, -0.05) is 171 Å². The molecule has 1 aliphatic carbocycles. The van der Waals surface area contributed by atoms with Crippen LogP contribution in [0.2, 0.25) is 0 Å². The molecule has 0 saturated carbocycles. The molecule has 0 spiro atoms. The van der Waals surface area contributed by atoms with Gasteiger partial charge in [0.1, 0.15) is 0 Å². The second kappa shape index (κ2) is 16.0. The second-order valence-electron chi connectivity index (χ2n) is 15.7. The molecule has 0 amide bonds. The average molecular weight is 759 g/mol. The van der Waals surface area contributed by atoms with E-state index < -0.39 is 0 Å². The number of hydrogen-bond donors (Lipinski definition) is 0. The lowest BCUT2D eigenvalue weighted by molar-refractivity contribution is 0.651. The summed E-state index contributed by atoms with van der Waals surface area (Å²) >= 11 is 0. The molecule has 59 heavy (non-hydrogen) atoms. The molecule has 0 bridgehead atoms. The Morgan fingerprint density at radius 2 is 0.932 bits per heavy atom. The first kappa shape index (κ1) is 36.2. The summed E-state index contributed by atoms with van der Waals surface area (Å²) in [6, 6.07) is 75.2. The summed E-state index contributed by atoms with van der Waals surface area (Å²) in [5.74, 6) is 0.421. The van der Waals surface area contributed by atoms with Crippen molar-refractivity contribution >= 4 is 38.9 Å². The minimum Gasteiger partial charge on any atom is -0.311 e. The summed E-state index contributed by atoms with van der Waals surface area (Å²) in [5, 5.41) is 2.56. The van der Waals surface area contributed by atoms with E-state index in [0.717, 1.165) is 29.9 Å². The fourth-order valence-corrected chi connectivity index (χ4v) is 9.10. The van der Waals surface area contributed by atoms with Crippen LogP contribution in [0.4, 0.5) is 17.1 Å². The molecule has 1 aromatic heterocycles. The summed E-state index contributed by atoms with van der Waals surface area (Å²) in [6.45, 7) is 2.41. The maximum Gasteiger partial charge on any atom is 0.0544 e. The van der Waals surface area contributed by atoms with Gasteiger partial charge in [-0.05, 0) is 118 Å². The maximum atomic E-state index is 2.46. The lowest BCUT2D eigenvalue weighted by atomic mass is 9.76. The number of aromatic nitrogens is 1. The van der Waals surface area contributed by atoms with Gasteiger partial charge in [0.25, 0.3) is 0 Å². The predicted molar refractivity (Wildman–Crippen MR) is 250 cm³/mol. The highest BCUT2D eigenvalue weighted by Gasteiger charge is 2.26. The number of nitrogens with zero attached hydrogens (tertiary/aromatic N) is 2. The summed E-state index contributed by atoms with van der Waals surface area (Å²) in [5.41, 5.74) is 15.9. The fraction of sp³-hybridized carbons (Fsp3) is 0.0877. The molecule has 2 unspecified atom stereocenters. The van der Waals surface area contributed by atoms with Crippen molar-refractivity contribution < 1.29 is 0 Å². The topological polar surface area (TPSA) is 8.17 Å². The predicted octanol–water partition coefficient (Wildman–Crippen LogP) is 15.8. The number of hydrogen-bond acceptors (Lipinski definition) is 1. The second-order valence-corrected chi connectivity index (χ2v) is 15.7. The van der Waals surface area contributed by atoms with Crippen LogP contribution in [0.25, 0.3) is 49.7 Å². The van der Waals surface area contributed by atoms with Crippen LogP contribution in [0, 0.1) is 0 Å². The van der Waals surface area contributed by atoms with Gasteiger partial charge in [0.15, 0.2) is 0 Å². The molecule has 0 radical (unpaired) electrons. The quantitative estimate of drug-likeness (QED) is 0.135. The first-order valence-electron chi connectivity index (χ1n) is 20.9. The summed E-state index contributed by atoms with van der Waals surface area (Å²) in [7, 11) is 0. The third-order valence-electron chi connectivity index (χ3n) is 12.1. The van der Waals surface area contributed by atoms with Crippen molar-refractivity contribution in [2.24, 2.45) is 0 Å². The third kappa shape index (κ3) is 7.08. The van der Waals surface area contributed by atoms with Crippen LogP contribution in [-0.4, -0.2) is 4.57 Å². The van der Waals surface area contributed by atoms with Crippen molar-refractivity contribution in [2.45, 2.75) is 31.6 Å². The number of para-hydroxylation sites is 2. The van der Waals surface area contributed by atoms with Crippen LogP contribution < -0.4 is 4.90 Å². The summed E-state index contributed by atoms with van der Waals surface area (Å²) in [6.07, 6.45) is 9.35. The molecule has 2 heteroatoms. The van der Waals surface area contributed by atoms with Crippen molar-refractivity contribution in [1.29, 1.82) is 0 Å². The van der Waals surface area contributed by atoms with E-state index in [1.165, 1.54) is 66.4 Å². The van der Waals surface area contributed by atoms with E-state index in [1.54, 1.807) is 0 Å². The summed E-state index contributed by atoms with van der Waals surface area (Å²) in [4.78, 5) is 2.37. The van der Waals surface area contributed by atoms with E-state index in [9.17, 15) is 0 Å². The first-order valence-corrected chi connectivity index (χ1v) is 20.9. The molecule has 0 fully saturated rings. The Hall–Kier alpha value is -7.16. The fourth-order valence-electron chi connectivity index (χ4n) is 9.10. The Labute approximate surface area is 347 Å². The largest absolute Gasteiger partial charge is 0.311 e. The highest BCUT2D eigenvalue weighted by molar-refractivity contribution is 6.09. The van der Waals surface area contributed by atoms with Crippen LogP contribution >= 0.6 is 0 Å². The molecule has 0 aliphatic heterocycles. The van der Waals surface area contributed by atoms with E-state index in [4.69, 9.17) is 0 Å². The molecule has 8 aromatic carbocycles. The standard InChI is InChI=1S/C57H46N2/c1-41(57(47-20-10-4-11-21-47)48-32-39-54-53-24-14-15-25-55(53)59(56(54)40-48)49-22-12-5-13-23-49)42-26-33-50(34-27-42)58(51-35-28-45(29-36-51)43-16-6-2-7-17-43)52-37-30-46(31-38-52)44-18-8-3-9-19-44/h2-3,5-10,12-41,57H,4,11H2,1H3. The van der Waals surface area contributed by atoms with Gasteiger partial charge in [-0.2, -0.15) is 0 Å². The number of anilines is 3. The monoisotopic (exact) mass is 758 g/mol. The van der Waals surface area contributed by atoms with Gasteiger partial charge in [0.05, 0.1) is 11.0 Å². The Bertz CT molecular complexity index is 2820. The minimum atomic E-state index is 0.191. The maximum absolute atomic E-state index is 2.46. The van der Waals surface area contributed by atoms with Crippen molar-refractivity contribution in [3.05, 3.63) is 241 Å². The van der Waals surface area contributed by atoms with Gasteiger partial charge >= 0.3 is 0 Å². The zero-order valence-corrected chi connectivity index (χ0v) is 33.3. The molecular formula is C57H46N2. The van der Waals surface area contributed by atoms with Crippen molar-refractivity contribution in [3.63, 3.8) is 0 Å². The highest BCUT2D eigenvalue weighted by Crippen LogP contribution is 2.44. The van der Waals surface area contributed by atoms with Crippen LogP contribution in [0.3, 0.4) is 0 Å². The van der Waals surface area contributed by atoms with Gasteiger partial charge in [-0.25, -0.2) is 0 Å². The van der Waals surface area contributed by atoms with Crippen LogP contribution in [0.15, 0.2) is 230 Å². The van der Waals surface area contributed by atoms with E-state index in [2.05, 4.69) is 241 Å². The van der Waals surface area contributed by atoms with Crippen LogP contribution in [0.1, 0.15) is 42.7 Å². The van der Waals surface area contributed by atoms with E-state index >= 15 is 0 Å².